The number of carbonyl (C=O) groups is 1. The zero-order chi connectivity index (χ0) is 32.7. The molecule has 0 radical (unpaired) electrons. The summed E-state index contributed by atoms with van der Waals surface area (Å²) >= 11 is 0. The topological polar surface area (TPSA) is 92.7 Å². The molecule has 6 rings (SSSR count). The number of benzene rings is 3. The number of ketones is 1. The predicted molar refractivity (Wildman–Crippen MR) is 176 cm³/mol. The minimum Gasteiger partial charge on any atom is -0.495 e. The van der Waals surface area contributed by atoms with Crippen molar-refractivity contribution in [1.82, 2.24) is 0 Å². The Morgan fingerprint density at radius 2 is 1.58 bits per heavy atom. The summed E-state index contributed by atoms with van der Waals surface area (Å²) in [4.78, 5) is 14.7. The lowest BCUT2D eigenvalue weighted by Crippen LogP contribution is -2.62. The molecule has 9 heteroatoms. The summed E-state index contributed by atoms with van der Waals surface area (Å²) in [7, 11) is 0.673. The van der Waals surface area contributed by atoms with Crippen LogP contribution in [0.5, 0.6) is 17.2 Å². The van der Waals surface area contributed by atoms with Crippen molar-refractivity contribution >= 4 is 30.4 Å². The first-order valence-electron chi connectivity index (χ1n) is 15.5. The van der Waals surface area contributed by atoms with Gasteiger partial charge in [-0.05, 0) is 50.5 Å². The molecule has 3 aromatic carbocycles. The molecule has 1 fully saturated rings. The molecular weight excluding hydrogens is 588 g/mol. The second kappa shape index (κ2) is 10.7. The van der Waals surface area contributed by atoms with E-state index in [1.807, 2.05) is 69.3 Å². The standard InChI is InChI=1S/C36H44O8Si/c1-34(2,3)45(9,10)43-33-29(38)24-25-26(28(37)27(24)32-36(33,6)44-35(4,5)42-32)31(40-8)23-21(30(25)39-7)17-14-18-22(23)41-19-20-15-12-11-13-16-20/h11-18,29,32-33,38H,19H2,1-10H3/t29-,32+,33+,36+/m0/s1. The van der Waals surface area contributed by atoms with E-state index in [9.17, 15) is 9.90 Å². The Kier molecular flexibility index (Phi) is 7.53. The normalized spacial score (nSPS) is 25.7. The molecule has 0 unspecified atom stereocenters. The number of fused-ring (bicyclic) bond motifs is 5. The molecule has 8 nitrogen and oxygen atoms in total. The lowest BCUT2D eigenvalue weighted by Gasteiger charge is -2.49. The van der Waals surface area contributed by atoms with Gasteiger partial charge in [-0.25, -0.2) is 0 Å². The van der Waals surface area contributed by atoms with Crippen LogP contribution < -0.4 is 14.2 Å². The second-order valence-electron chi connectivity index (χ2n) is 14.4. The van der Waals surface area contributed by atoms with E-state index in [2.05, 4.69) is 33.9 Å². The van der Waals surface area contributed by atoms with Crippen molar-refractivity contribution < 1.29 is 38.0 Å². The van der Waals surface area contributed by atoms with Crippen LogP contribution in [0.3, 0.4) is 0 Å². The number of aliphatic hydroxyl groups excluding tert-OH is 1. The third-order valence-corrected chi connectivity index (χ3v) is 14.4. The monoisotopic (exact) mass is 632 g/mol. The molecule has 2 aliphatic carbocycles. The van der Waals surface area contributed by atoms with Crippen LogP contribution in [0, 0.1) is 0 Å². The maximum absolute atomic E-state index is 14.7. The molecule has 0 bridgehead atoms. The van der Waals surface area contributed by atoms with Crippen molar-refractivity contribution in [2.75, 3.05) is 14.2 Å². The third kappa shape index (κ3) is 4.82. The molecule has 240 valence electrons. The summed E-state index contributed by atoms with van der Waals surface area (Å²) in [5.41, 5.74) is 1.46. The van der Waals surface area contributed by atoms with Gasteiger partial charge in [0.1, 0.15) is 47.8 Å². The summed E-state index contributed by atoms with van der Waals surface area (Å²) in [6, 6.07) is 15.5. The molecule has 3 aromatic rings. The Hall–Kier alpha value is -3.21. The van der Waals surface area contributed by atoms with Crippen molar-refractivity contribution in [3.8, 4) is 17.2 Å². The third-order valence-electron chi connectivity index (χ3n) is 9.90. The average molecular weight is 633 g/mol. The Balaban J connectivity index is 1.57. The first kappa shape index (κ1) is 31.8. The van der Waals surface area contributed by atoms with Crippen molar-refractivity contribution in [1.29, 1.82) is 0 Å². The second-order valence-corrected chi connectivity index (χ2v) is 19.1. The highest BCUT2D eigenvalue weighted by molar-refractivity contribution is 6.74. The highest BCUT2D eigenvalue weighted by Gasteiger charge is 2.66. The molecular formula is C36H44O8Si. The first-order valence-corrected chi connectivity index (χ1v) is 18.4. The zero-order valence-electron chi connectivity index (χ0n) is 27.9. The van der Waals surface area contributed by atoms with E-state index in [1.54, 1.807) is 14.2 Å². The number of ether oxygens (including phenoxy) is 5. The first-order chi connectivity index (χ1) is 21.1. The van der Waals surface area contributed by atoms with E-state index in [1.165, 1.54) is 0 Å². The van der Waals surface area contributed by atoms with Gasteiger partial charge in [-0.15, -0.1) is 0 Å². The Bertz CT molecular complexity index is 1700. The SMILES string of the molecule is COc1c2c(c(OC)c3c(OCc4ccccc4)cccc13)C(=O)C1=C2[C@H](O)[C@@H](O[Si](C)(C)C(C)(C)C)[C@]2(C)OC(C)(C)O[C@H]12. The van der Waals surface area contributed by atoms with Crippen LogP contribution in [-0.4, -0.2) is 63.1 Å². The zero-order valence-corrected chi connectivity index (χ0v) is 28.9. The van der Waals surface area contributed by atoms with Crippen molar-refractivity contribution in [2.45, 2.75) is 96.0 Å². The molecule has 1 aliphatic heterocycles. The van der Waals surface area contributed by atoms with Crippen LogP contribution in [-0.2, 0) is 20.5 Å². The molecule has 0 amide bonds. The van der Waals surface area contributed by atoms with Gasteiger partial charge in [-0.2, -0.15) is 0 Å². The Morgan fingerprint density at radius 1 is 0.911 bits per heavy atom. The van der Waals surface area contributed by atoms with E-state index in [-0.39, 0.29) is 10.8 Å². The molecule has 0 saturated carbocycles. The molecule has 3 aliphatic rings. The van der Waals surface area contributed by atoms with Gasteiger partial charge >= 0.3 is 0 Å². The fourth-order valence-electron chi connectivity index (χ4n) is 6.85. The summed E-state index contributed by atoms with van der Waals surface area (Å²) in [5.74, 6) is 0.0487. The fraction of sp³-hybridized carbons (Fsp3) is 0.472. The number of Topliss-reactive ketones (excluding diaryl/α,β-unsaturated/α-hetero) is 1. The van der Waals surface area contributed by atoms with E-state index in [0.29, 0.717) is 56.9 Å². The van der Waals surface area contributed by atoms with Gasteiger partial charge < -0.3 is 33.2 Å². The minimum absolute atomic E-state index is 0.140. The van der Waals surface area contributed by atoms with Gasteiger partial charge in [0.15, 0.2) is 19.9 Å². The van der Waals surface area contributed by atoms with Crippen LogP contribution in [0.15, 0.2) is 54.1 Å². The van der Waals surface area contributed by atoms with Gasteiger partial charge in [0.05, 0.1) is 25.2 Å². The molecule has 0 aromatic heterocycles. The van der Waals surface area contributed by atoms with Crippen LogP contribution in [0.1, 0.15) is 63.0 Å². The highest BCUT2D eigenvalue weighted by Crippen LogP contribution is 2.59. The fourth-order valence-corrected chi connectivity index (χ4v) is 8.20. The maximum atomic E-state index is 14.7. The highest BCUT2D eigenvalue weighted by atomic mass is 28.4. The van der Waals surface area contributed by atoms with Gasteiger partial charge in [-0.3, -0.25) is 4.79 Å². The molecule has 1 N–H and O–H groups in total. The maximum Gasteiger partial charge on any atom is 0.196 e. The van der Waals surface area contributed by atoms with Crippen LogP contribution in [0.25, 0.3) is 16.3 Å². The van der Waals surface area contributed by atoms with Crippen LogP contribution in [0.4, 0.5) is 0 Å². The lowest BCUT2D eigenvalue weighted by atomic mass is 9.75. The smallest absolute Gasteiger partial charge is 0.196 e. The van der Waals surface area contributed by atoms with E-state index in [0.717, 1.165) is 5.56 Å². The Morgan fingerprint density at radius 3 is 2.20 bits per heavy atom. The minimum atomic E-state index is -2.44. The van der Waals surface area contributed by atoms with E-state index >= 15 is 0 Å². The quantitative estimate of drug-likeness (QED) is 0.277. The molecule has 4 atom stereocenters. The van der Waals surface area contributed by atoms with Gasteiger partial charge in [0.2, 0.25) is 0 Å². The van der Waals surface area contributed by atoms with Crippen molar-refractivity contribution in [3.63, 3.8) is 0 Å². The predicted octanol–water partition coefficient (Wildman–Crippen LogP) is 7.06. The van der Waals surface area contributed by atoms with Gasteiger partial charge in [-0.1, -0.05) is 63.2 Å². The average Bonchev–Trinajstić information content (AvgIpc) is 3.41. The summed E-state index contributed by atoms with van der Waals surface area (Å²) in [6.07, 6.45) is -2.81. The molecule has 45 heavy (non-hydrogen) atoms. The molecule has 1 saturated heterocycles. The van der Waals surface area contributed by atoms with Crippen LogP contribution in [0.2, 0.25) is 18.1 Å². The summed E-state index contributed by atoms with van der Waals surface area (Å²) in [6.45, 7) is 16.6. The number of hydrogen-bond acceptors (Lipinski definition) is 8. The van der Waals surface area contributed by atoms with Gasteiger partial charge in [0, 0.05) is 22.1 Å². The molecule has 1 heterocycles. The van der Waals surface area contributed by atoms with E-state index < -0.39 is 38.0 Å². The number of carbonyl (C=O) groups excluding carboxylic acids is 1. The van der Waals surface area contributed by atoms with Crippen LogP contribution >= 0.6 is 0 Å². The lowest BCUT2D eigenvalue weighted by molar-refractivity contribution is -0.185. The van der Waals surface area contributed by atoms with Crippen molar-refractivity contribution in [2.24, 2.45) is 0 Å². The van der Waals surface area contributed by atoms with Crippen molar-refractivity contribution in [3.05, 3.63) is 70.8 Å². The van der Waals surface area contributed by atoms with E-state index in [4.69, 9.17) is 28.1 Å². The summed E-state index contributed by atoms with van der Waals surface area (Å²) in [5, 5.41) is 13.5. The largest absolute Gasteiger partial charge is 0.495 e. The number of rotatable bonds is 7. The van der Waals surface area contributed by atoms with Gasteiger partial charge in [0.25, 0.3) is 0 Å². The number of aliphatic hydroxyl groups is 1. The summed E-state index contributed by atoms with van der Waals surface area (Å²) < 4.78 is 38.5. The number of methoxy groups -OCH3 is 2. The Labute approximate surface area is 266 Å². The molecule has 0 spiro atoms. The number of hydrogen-bond donors (Lipinski definition) is 1.